The van der Waals surface area contributed by atoms with E-state index in [0.717, 1.165) is 12.0 Å². The number of ether oxygens (including phenoxy) is 1. The molecule has 2 rings (SSSR count). The minimum absolute atomic E-state index is 0.153. The van der Waals surface area contributed by atoms with Gasteiger partial charge in [0.05, 0.1) is 16.1 Å². The van der Waals surface area contributed by atoms with Gasteiger partial charge in [-0.25, -0.2) is 0 Å². The number of hydrogen-bond donors (Lipinski definition) is 1. The Labute approximate surface area is 117 Å². The first-order valence-corrected chi connectivity index (χ1v) is 7.51. The van der Waals surface area contributed by atoms with E-state index in [1.165, 1.54) is 12.8 Å². The quantitative estimate of drug-likeness (QED) is 0.668. The summed E-state index contributed by atoms with van der Waals surface area (Å²) in [5, 5.41) is 10.2. The van der Waals surface area contributed by atoms with Gasteiger partial charge in [0.15, 0.2) is 0 Å². The van der Waals surface area contributed by atoms with E-state index in [1.807, 2.05) is 30.3 Å². The summed E-state index contributed by atoms with van der Waals surface area (Å²) in [6, 6.07) is 10.0. The number of aliphatic hydroxyl groups is 1. The molecule has 1 aromatic rings. The first-order chi connectivity index (χ1) is 8.24. The van der Waals surface area contributed by atoms with Crippen molar-refractivity contribution in [3.63, 3.8) is 0 Å². The number of rotatable bonds is 4. The Hall–Kier alpha value is -0.130. The molecule has 0 radical (unpaired) electrons. The van der Waals surface area contributed by atoms with Crippen LogP contribution in [-0.4, -0.2) is 21.2 Å². The molecule has 0 unspecified atom stereocenters. The molecule has 1 heterocycles. The van der Waals surface area contributed by atoms with Gasteiger partial charge in [0.25, 0.3) is 0 Å². The molecular weight excluding hydrogens is 327 g/mol. The van der Waals surface area contributed by atoms with Gasteiger partial charge in [0, 0.05) is 0 Å². The molecule has 0 aliphatic carbocycles. The van der Waals surface area contributed by atoms with Gasteiger partial charge in [-0.2, -0.15) is 0 Å². The number of aliphatic hydroxyl groups excluding tert-OH is 1. The average molecular weight is 346 g/mol. The van der Waals surface area contributed by atoms with Crippen molar-refractivity contribution in [1.82, 2.24) is 0 Å². The third kappa shape index (κ3) is 3.01. The summed E-state index contributed by atoms with van der Waals surface area (Å²) in [6.07, 6.45) is 3.04. The lowest BCUT2D eigenvalue weighted by molar-refractivity contribution is 0.00583. The summed E-state index contributed by atoms with van der Waals surface area (Å²) in [6.45, 7) is 2.18. The van der Waals surface area contributed by atoms with E-state index in [-0.39, 0.29) is 22.2 Å². The summed E-state index contributed by atoms with van der Waals surface area (Å²) in [4.78, 5) is 0. The Balaban J connectivity index is 2.06. The van der Waals surface area contributed by atoms with Crippen LogP contribution in [0, 0.1) is 0 Å². The highest BCUT2D eigenvalue weighted by molar-refractivity contribution is 14.1. The second-order valence-electron chi connectivity index (χ2n) is 4.58. The van der Waals surface area contributed by atoms with Gasteiger partial charge in [0.2, 0.25) is 0 Å². The zero-order chi connectivity index (χ0) is 12.3. The van der Waals surface area contributed by atoms with Crippen molar-refractivity contribution in [2.45, 2.75) is 48.4 Å². The monoisotopic (exact) mass is 346 g/mol. The van der Waals surface area contributed by atoms with Crippen molar-refractivity contribution < 1.29 is 9.84 Å². The summed E-state index contributed by atoms with van der Waals surface area (Å²) in [7, 11) is 0. The maximum absolute atomic E-state index is 10.2. The average Bonchev–Trinajstić information content (AvgIpc) is 2.65. The molecule has 1 aromatic carbocycles. The standard InChI is InChI=1S/C14H19IO2/c1-2-3-9-11-12(15)13(16)14(17-11)10-7-5-4-6-8-10/h4-8,11-14,16H,2-3,9H2,1H3/t11-,12-,13+,14-/m0/s1. The van der Waals surface area contributed by atoms with Gasteiger partial charge in [-0.3, -0.25) is 0 Å². The highest BCUT2D eigenvalue weighted by Crippen LogP contribution is 2.39. The van der Waals surface area contributed by atoms with Crippen molar-refractivity contribution >= 4 is 22.6 Å². The van der Waals surface area contributed by atoms with E-state index in [1.54, 1.807) is 0 Å². The minimum atomic E-state index is -0.389. The fourth-order valence-electron chi connectivity index (χ4n) is 2.28. The third-order valence-corrected chi connectivity index (χ3v) is 4.82. The molecule has 0 saturated carbocycles. The molecule has 1 N–H and O–H groups in total. The summed E-state index contributed by atoms with van der Waals surface area (Å²) >= 11 is 2.33. The van der Waals surface area contributed by atoms with Crippen LogP contribution in [0.3, 0.4) is 0 Å². The zero-order valence-corrected chi connectivity index (χ0v) is 12.2. The van der Waals surface area contributed by atoms with E-state index in [2.05, 4.69) is 29.5 Å². The molecule has 3 heteroatoms. The van der Waals surface area contributed by atoms with Crippen LogP contribution in [0.2, 0.25) is 0 Å². The minimum Gasteiger partial charge on any atom is -0.389 e. The largest absolute Gasteiger partial charge is 0.389 e. The molecule has 94 valence electrons. The van der Waals surface area contributed by atoms with E-state index < -0.39 is 0 Å². The van der Waals surface area contributed by atoms with E-state index in [4.69, 9.17) is 4.74 Å². The van der Waals surface area contributed by atoms with Crippen LogP contribution in [0.5, 0.6) is 0 Å². The van der Waals surface area contributed by atoms with Gasteiger partial charge in [-0.15, -0.1) is 0 Å². The molecule has 4 atom stereocenters. The molecule has 0 bridgehead atoms. The van der Waals surface area contributed by atoms with Gasteiger partial charge >= 0.3 is 0 Å². The highest BCUT2D eigenvalue weighted by atomic mass is 127. The second-order valence-corrected chi connectivity index (χ2v) is 6.02. The van der Waals surface area contributed by atoms with Gasteiger partial charge in [-0.05, 0) is 12.0 Å². The molecule has 0 spiro atoms. The molecule has 17 heavy (non-hydrogen) atoms. The van der Waals surface area contributed by atoms with Crippen LogP contribution in [0.25, 0.3) is 0 Å². The third-order valence-electron chi connectivity index (χ3n) is 3.28. The van der Waals surface area contributed by atoms with Crippen LogP contribution in [0.15, 0.2) is 30.3 Å². The topological polar surface area (TPSA) is 29.5 Å². The maximum atomic E-state index is 10.2. The Kier molecular flexibility index (Phi) is 4.82. The highest BCUT2D eigenvalue weighted by Gasteiger charge is 2.42. The van der Waals surface area contributed by atoms with Gasteiger partial charge in [0.1, 0.15) is 6.10 Å². The summed E-state index contributed by atoms with van der Waals surface area (Å²) in [5.41, 5.74) is 1.08. The number of benzene rings is 1. The van der Waals surface area contributed by atoms with Crippen molar-refractivity contribution in [2.24, 2.45) is 0 Å². The Bertz CT molecular complexity index is 341. The van der Waals surface area contributed by atoms with Crippen LogP contribution in [0.1, 0.15) is 37.9 Å². The molecule has 1 aliphatic rings. The smallest absolute Gasteiger partial charge is 0.110 e. The lowest BCUT2D eigenvalue weighted by atomic mass is 10.0. The molecule has 0 aromatic heterocycles. The van der Waals surface area contributed by atoms with E-state index in [9.17, 15) is 5.11 Å². The van der Waals surface area contributed by atoms with Crippen LogP contribution >= 0.6 is 22.6 Å². The van der Waals surface area contributed by atoms with Gasteiger partial charge in [-0.1, -0.05) is 72.7 Å². The molecule has 1 saturated heterocycles. The first-order valence-electron chi connectivity index (χ1n) is 6.26. The van der Waals surface area contributed by atoms with E-state index >= 15 is 0 Å². The molecular formula is C14H19IO2. The number of alkyl halides is 1. The van der Waals surface area contributed by atoms with Crippen LogP contribution in [0.4, 0.5) is 0 Å². The van der Waals surface area contributed by atoms with Crippen molar-refractivity contribution in [3.8, 4) is 0 Å². The normalized spacial score (nSPS) is 32.9. The molecule has 1 aliphatic heterocycles. The number of unbranched alkanes of at least 4 members (excludes halogenated alkanes) is 1. The molecule has 0 amide bonds. The second kappa shape index (κ2) is 6.16. The van der Waals surface area contributed by atoms with Crippen molar-refractivity contribution in [3.05, 3.63) is 35.9 Å². The molecule has 1 fully saturated rings. The lowest BCUT2D eigenvalue weighted by Crippen LogP contribution is -2.24. The number of halogens is 1. The SMILES string of the molecule is CCCC[C@@H]1O[C@@H](c2ccccc2)[C@H](O)[C@H]1I. The van der Waals surface area contributed by atoms with Crippen molar-refractivity contribution in [1.29, 1.82) is 0 Å². The Morgan fingerprint density at radius 1 is 1.29 bits per heavy atom. The van der Waals surface area contributed by atoms with Crippen LogP contribution < -0.4 is 0 Å². The number of hydrogen-bond acceptors (Lipinski definition) is 2. The van der Waals surface area contributed by atoms with Gasteiger partial charge < -0.3 is 9.84 Å². The first kappa shape index (κ1) is 13.3. The predicted molar refractivity (Wildman–Crippen MR) is 77.4 cm³/mol. The maximum Gasteiger partial charge on any atom is 0.110 e. The van der Waals surface area contributed by atoms with E-state index in [0.29, 0.717) is 0 Å². The predicted octanol–water partition coefficient (Wildman–Crippen LogP) is 3.48. The Morgan fingerprint density at radius 3 is 2.65 bits per heavy atom. The Morgan fingerprint density at radius 2 is 2.00 bits per heavy atom. The fourth-order valence-corrected chi connectivity index (χ4v) is 3.19. The van der Waals surface area contributed by atoms with Crippen molar-refractivity contribution in [2.75, 3.05) is 0 Å². The zero-order valence-electron chi connectivity index (χ0n) is 10.1. The lowest BCUT2D eigenvalue weighted by Gasteiger charge is -2.14. The summed E-state index contributed by atoms with van der Waals surface area (Å²) < 4.78 is 6.22. The summed E-state index contributed by atoms with van der Waals surface area (Å²) in [5.74, 6) is 0. The van der Waals surface area contributed by atoms with Crippen LogP contribution in [-0.2, 0) is 4.74 Å². The molecule has 2 nitrogen and oxygen atoms in total. The fraction of sp³-hybridized carbons (Fsp3) is 0.571.